The average Bonchev–Trinajstić information content (AvgIpc) is 2.93. The monoisotopic (exact) mass is 443 g/mol. The number of ether oxygens (including phenoxy) is 1. The van der Waals surface area contributed by atoms with Crippen LogP contribution in [0.2, 0.25) is 0 Å². The van der Waals surface area contributed by atoms with Crippen molar-refractivity contribution in [2.75, 3.05) is 13.2 Å². The van der Waals surface area contributed by atoms with E-state index in [0.717, 1.165) is 27.5 Å². The molecule has 1 amide bonds. The lowest BCUT2D eigenvalue weighted by Gasteiger charge is -2.27. The summed E-state index contributed by atoms with van der Waals surface area (Å²) in [7, 11) is 0. The summed E-state index contributed by atoms with van der Waals surface area (Å²) in [5, 5.41) is 2.09. The molecule has 22 heavy (non-hydrogen) atoms. The molecule has 3 rings (SSSR count). The highest BCUT2D eigenvalue weighted by atomic mass is 79.9. The molecule has 1 aliphatic rings. The molecule has 2 heterocycles. The summed E-state index contributed by atoms with van der Waals surface area (Å²) >= 11 is 8.74. The Morgan fingerprint density at radius 3 is 2.82 bits per heavy atom. The molecule has 0 aliphatic carbocycles. The van der Waals surface area contributed by atoms with Gasteiger partial charge in [0, 0.05) is 18.0 Å². The van der Waals surface area contributed by atoms with E-state index in [1.54, 1.807) is 11.3 Å². The van der Waals surface area contributed by atoms with Crippen LogP contribution in [0.25, 0.3) is 0 Å². The zero-order valence-electron chi connectivity index (χ0n) is 12.1. The predicted molar refractivity (Wildman–Crippen MR) is 95.5 cm³/mol. The van der Waals surface area contributed by atoms with E-state index in [1.807, 2.05) is 24.0 Å². The van der Waals surface area contributed by atoms with Crippen molar-refractivity contribution >= 4 is 49.1 Å². The van der Waals surface area contributed by atoms with E-state index < -0.39 is 0 Å². The number of thiophene rings is 1. The molecule has 0 bridgehead atoms. The van der Waals surface area contributed by atoms with Crippen LogP contribution < -0.4 is 4.74 Å². The number of carbonyl (C=O) groups is 1. The van der Waals surface area contributed by atoms with Crippen molar-refractivity contribution in [2.24, 2.45) is 0 Å². The van der Waals surface area contributed by atoms with Crippen LogP contribution in [0.1, 0.15) is 16.0 Å². The van der Waals surface area contributed by atoms with E-state index in [-0.39, 0.29) is 12.5 Å². The van der Waals surface area contributed by atoms with Crippen LogP contribution in [-0.4, -0.2) is 24.0 Å². The molecule has 1 aliphatic heterocycles. The minimum Gasteiger partial charge on any atom is -0.481 e. The molecule has 6 heteroatoms. The second-order valence-corrected chi connectivity index (χ2v) is 7.99. The van der Waals surface area contributed by atoms with Gasteiger partial charge in [-0.25, -0.2) is 0 Å². The van der Waals surface area contributed by atoms with Crippen LogP contribution in [0, 0.1) is 6.92 Å². The van der Waals surface area contributed by atoms with Gasteiger partial charge in [0.05, 0.1) is 8.95 Å². The van der Waals surface area contributed by atoms with Crippen LogP contribution in [0.5, 0.6) is 5.75 Å². The zero-order valence-corrected chi connectivity index (χ0v) is 16.1. The third-order valence-electron chi connectivity index (χ3n) is 3.64. The number of carbonyl (C=O) groups excluding carboxylic acids is 1. The van der Waals surface area contributed by atoms with Gasteiger partial charge in [0.2, 0.25) is 0 Å². The molecule has 2 aromatic rings. The SMILES string of the molecule is Cc1cc(Br)c(OCC(=O)N2CCc3sccc3C2)c(Br)c1. The molecular formula is C16H15Br2NO2S. The summed E-state index contributed by atoms with van der Waals surface area (Å²) in [6.07, 6.45) is 0.941. The largest absolute Gasteiger partial charge is 0.481 e. The van der Waals surface area contributed by atoms with Gasteiger partial charge in [0.25, 0.3) is 5.91 Å². The van der Waals surface area contributed by atoms with Gasteiger partial charge in [-0.05, 0) is 79.9 Å². The molecule has 116 valence electrons. The minimum atomic E-state index is 0.0243. The van der Waals surface area contributed by atoms with Crippen LogP contribution >= 0.6 is 43.2 Å². The molecule has 0 saturated carbocycles. The van der Waals surface area contributed by atoms with E-state index in [2.05, 4.69) is 43.3 Å². The predicted octanol–water partition coefficient (Wildman–Crippen LogP) is 4.55. The van der Waals surface area contributed by atoms with Crippen molar-refractivity contribution < 1.29 is 9.53 Å². The Labute approximate surface area is 150 Å². The average molecular weight is 445 g/mol. The van der Waals surface area contributed by atoms with Crippen LogP contribution in [0.4, 0.5) is 0 Å². The molecule has 1 aromatic heterocycles. The van der Waals surface area contributed by atoms with Crippen molar-refractivity contribution in [3.63, 3.8) is 0 Å². The molecule has 1 aromatic carbocycles. The fourth-order valence-electron chi connectivity index (χ4n) is 2.51. The first-order chi connectivity index (χ1) is 10.5. The molecule has 0 radical (unpaired) electrons. The lowest BCUT2D eigenvalue weighted by Crippen LogP contribution is -2.38. The van der Waals surface area contributed by atoms with E-state index in [0.29, 0.717) is 12.3 Å². The minimum absolute atomic E-state index is 0.0243. The third-order valence-corrected chi connectivity index (χ3v) is 5.84. The van der Waals surface area contributed by atoms with Gasteiger partial charge < -0.3 is 9.64 Å². The number of benzene rings is 1. The lowest BCUT2D eigenvalue weighted by atomic mass is 10.1. The van der Waals surface area contributed by atoms with Gasteiger partial charge in [-0.3, -0.25) is 4.79 Å². The van der Waals surface area contributed by atoms with E-state index >= 15 is 0 Å². The zero-order chi connectivity index (χ0) is 15.7. The van der Waals surface area contributed by atoms with Crippen molar-refractivity contribution in [3.8, 4) is 5.75 Å². The molecule has 3 nitrogen and oxygen atoms in total. The summed E-state index contributed by atoms with van der Waals surface area (Å²) in [6, 6.07) is 6.06. The molecule has 0 spiro atoms. The molecule has 0 unspecified atom stereocenters. The van der Waals surface area contributed by atoms with Crippen molar-refractivity contribution in [1.82, 2.24) is 4.90 Å². The Balaban J connectivity index is 1.64. The first-order valence-corrected chi connectivity index (χ1v) is 9.42. The maximum Gasteiger partial charge on any atom is 0.260 e. The number of aryl methyl sites for hydroxylation is 1. The standard InChI is InChI=1S/C16H15Br2NO2S/c1-10-6-12(17)16(13(18)7-10)21-9-15(20)19-4-2-14-11(8-19)3-5-22-14/h3,5-7H,2,4,8-9H2,1H3. The molecular weight excluding hydrogens is 430 g/mol. The van der Waals surface area contributed by atoms with Gasteiger partial charge in [0.1, 0.15) is 5.75 Å². The number of hydrogen-bond donors (Lipinski definition) is 0. The first kappa shape index (κ1) is 16.0. The van der Waals surface area contributed by atoms with Crippen LogP contribution in [-0.2, 0) is 17.8 Å². The number of hydrogen-bond acceptors (Lipinski definition) is 3. The Morgan fingerprint density at radius 1 is 1.36 bits per heavy atom. The quantitative estimate of drug-likeness (QED) is 0.695. The van der Waals surface area contributed by atoms with E-state index in [1.165, 1.54) is 10.4 Å². The van der Waals surface area contributed by atoms with Crippen molar-refractivity contribution in [1.29, 1.82) is 0 Å². The second kappa shape index (κ2) is 6.72. The highest BCUT2D eigenvalue weighted by Gasteiger charge is 2.22. The number of nitrogens with zero attached hydrogens (tertiary/aromatic N) is 1. The lowest BCUT2D eigenvalue weighted by molar-refractivity contribution is -0.134. The Morgan fingerprint density at radius 2 is 2.09 bits per heavy atom. The first-order valence-electron chi connectivity index (χ1n) is 6.96. The van der Waals surface area contributed by atoms with E-state index in [9.17, 15) is 4.79 Å². The fourth-order valence-corrected chi connectivity index (χ4v) is 5.05. The van der Waals surface area contributed by atoms with Gasteiger partial charge in [0.15, 0.2) is 6.61 Å². The number of amides is 1. The van der Waals surface area contributed by atoms with Crippen LogP contribution in [0.3, 0.4) is 0 Å². The normalized spacial score (nSPS) is 13.9. The van der Waals surface area contributed by atoms with Crippen molar-refractivity contribution in [3.05, 3.63) is 48.5 Å². The van der Waals surface area contributed by atoms with E-state index in [4.69, 9.17) is 4.74 Å². The highest BCUT2D eigenvalue weighted by molar-refractivity contribution is 9.11. The topological polar surface area (TPSA) is 29.5 Å². The molecule has 0 fully saturated rings. The summed E-state index contributed by atoms with van der Waals surface area (Å²) in [6.45, 7) is 3.53. The Bertz CT molecular complexity index is 691. The molecule has 0 atom stereocenters. The highest BCUT2D eigenvalue weighted by Crippen LogP contribution is 2.34. The summed E-state index contributed by atoms with van der Waals surface area (Å²) < 4.78 is 7.43. The summed E-state index contributed by atoms with van der Waals surface area (Å²) in [5.74, 6) is 0.698. The smallest absolute Gasteiger partial charge is 0.260 e. The molecule has 0 saturated heterocycles. The summed E-state index contributed by atoms with van der Waals surface area (Å²) in [4.78, 5) is 15.6. The molecule has 0 N–H and O–H groups in total. The number of fused-ring (bicyclic) bond motifs is 1. The summed E-state index contributed by atoms with van der Waals surface area (Å²) in [5.41, 5.74) is 2.39. The maximum absolute atomic E-state index is 12.4. The maximum atomic E-state index is 12.4. The third kappa shape index (κ3) is 3.39. The fraction of sp³-hybridized carbons (Fsp3) is 0.312. The Hall–Kier alpha value is -0.850. The number of rotatable bonds is 3. The van der Waals surface area contributed by atoms with Gasteiger partial charge in [-0.15, -0.1) is 11.3 Å². The van der Waals surface area contributed by atoms with Gasteiger partial charge >= 0.3 is 0 Å². The van der Waals surface area contributed by atoms with Gasteiger partial charge in [-0.2, -0.15) is 0 Å². The van der Waals surface area contributed by atoms with Crippen molar-refractivity contribution in [2.45, 2.75) is 19.9 Å². The number of halogens is 2. The van der Waals surface area contributed by atoms with Crippen LogP contribution in [0.15, 0.2) is 32.5 Å². The van der Waals surface area contributed by atoms with Gasteiger partial charge in [-0.1, -0.05) is 0 Å². The Kier molecular flexibility index (Phi) is 4.90. The second-order valence-electron chi connectivity index (χ2n) is 5.28.